The highest BCUT2D eigenvalue weighted by atomic mass is 32.2. The van der Waals surface area contributed by atoms with E-state index in [-0.39, 0.29) is 17.2 Å². The minimum Gasteiger partial charge on any atom is -0.494 e. The lowest BCUT2D eigenvalue weighted by Crippen LogP contribution is -2.47. The Hall–Kier alpha value is -3.16. The van der Waals surface area contributed by atoms with Crippen molar-refractivity contribution in [1.29, 1.82) is 0 Å². The largest absolute Gasteiger partial charge is 0.494 e. The summed E-state index contributed by atoms with van der Waals surface area (Å²) in [5.74, 6) is 0.249. The Morgan fingerprint density at radius 3 is 2.27 bits per heavy atom. The molecule has 0 saturated carbocycles. The van der Waals surface area contributed by atoms with Crippen LogP contribution in [0.3, 0.4) is 0 Å². The summed E-state index contributed by atoms with van der Waals surface area (Å²) in [7, 11) is -3.93. The molecule has 7 heteroatoms. The van der Waals surface area contributed by atoms with Crippen molar-refractivity contribution in [2.45, 2.75) is 44.7 Å². The van der Waals surface area contributed by atoms with Crippen molar-refractivity contribution in [3.05, 3.63) is 95.1 Å². The zero-order valence-corrected chi connectivity index (χ0v) is 20.0. The molecule has 0 aliphatic rings. The lowest BCUT2D eigenvalue weighted by molar-refractivity contribution is -0.122. The molecule has 0 saturated heterocycles. The third-order valence-corrected chi connectivity index (χ3v) is 6.71. The summed E-state index contributed by atoms with van der Waals surface area (Å²) < 4.78 is 34.4. The highest BCUT2D eigenvalue weighted by Crippen LogP contribution is 2.22. The van der Waals surface area contributed by atoms with Crippen LogP contribution >= 0.6 is 0 Å². The van der Waals surface area contributed by atoms with Crippen LogP contribution in [0.1, 0.15) is 29.2 Å². The lowest BCUT2D eigenvalue weighted by atomic mass is 10.1. The van der Waals surface area contributed by atoms with E-state index in [1.54, 1.807) is 19.1 Å². The Kier molecular flexibility index (Phi) is 8.25. The van der Waals surface area contributed by atoms with Crippen molar-refractivity contribution in [2.24, 2.45) is 0 Å². The van der Waals surface area contributed by atoms with E-state index in [2.05, 4.69) is 10.0 Å². The summed E-state index contributed by atoms with van der Waals surface area (Å²) in [6.07, 6.45) is 0.232. The summed E-state index contributed by atoms with van der Waals surface area (Å²) >= 11 is 0. The van der Waals surface area contributed by atoms with Gasteiger partial charge >= 0.3 is 0 Å². The van der Waals surface area contributed by atoms with Gasteiger partial charge < -0.3 is 10.1 Å². The second-order valence-corrected chi connectivity index (χ2v) is 9.64. The van der Waals surface area contributed by atoms with Crippen LogP contribution < -0.4 is 14.8 Å². The molecular weight excluding hydrogens is 436 g/mol. The fourth-order valence-corrected chi connectivity index (χ4v) is 4.70. The fourth-order valence-electron chi connectivity index (χ4n) is 3.42. The van der Waals surface area contributed by atoms with E-state index in [1.165, 1.54) is 6.07 Å². The molecule has 0 aliphatic carbocycles. The van der Waals surface area contributed by atoms with Crippen molar-refractivity contribution in [2.75, 3.05) is 6.61 Å². The van der Waals surface area contributed by atoms with Gasteiger partial charge in [0, 0.05) is 6.54 Å². The standard InChI is InChI=1S/C26H30N2O4S/c1-4-32-25-15-14-23(16-20(25)3)33(30,31)28-24(17-21-8-6-5-7-9-21)26(29)27-18-22-12-10-19(2)11-13-22/h5-16,24,28H,4,17-18H2,1-3H3,(H,27,29). The molecule has 0 aliphatic heterocycles. The molecule has 3 rings (SSSR count). The van der Waals surface area contributed by atoms with Gasteiger partial charge in [-0.25, -0.2) is 8.42 Å². The molecule has 1 atom stereocenters. The minimum atomic E-state index is -3.93. The van der Waals surface area contributed by atoms with Crippen LogP contribution in [-0.4, -0.2) is 27.0 Å². The number of hydrogen-bond acceptors (Lipinski definition) is 4. The normalized spacial score (nSPS) is 12.2. The molecular formula is C26H30N2O4S. The van der Waals surface area contributed by atoms with E-state index >= 15 is 0 Å². The van der Waals surface area contributed by atoms with Crippen molar-refractivity contribution >= 4 is 15.9 Å². The molecule has 174 valence electrons. The molecule has 3 aromatic carbocycles. The number of benzene rings is 3. The molecule has 33 heavy (non-hydrogen) atoms. The van der Waals surface area contributed by atoms with Gasteiger partial charge in [-0.2, -0.15) is 4.72 Å². The van der Waals surface area contributed by atoms with E-state index in [9.17, 15) is 13.2 Å². The molecule has 2 N–H and O–H groups in total. The van der Waals surface area contributed by atoms with Crippen LogP contribution in [-0.2, 0) is 27.8 Å². The Morgan fingerprint density at radius 2 is 1.64 bits per heavy atom. The van der Waals surface area contributed by atoms with Crippen molar-refractivity contribution < 1.29 is 17.9 Å². The molecule has 6 nitrogen and oxygen atoms in total. The predicted octanol–water partition coefficient (Wildman–Crippen LogP) is 3.91. The smallest absolute Gasteiger partial charge is 0.241 e. The van der Waals surface area contributed by atoms with E-state index in [0.29, 0.717) is 24.5 Å². The number of nitrogens with one attached hydrogen (secondary N) is 2. The van der Waals surface area contributed by atoms with E-state index in [0.717, 1.165) is 16.7 Å². The maximum absolute atomic E-state index is 13.1. The number of carbonyl (C=O) groups excluding carboxylic acids is 1. The fraction of sp³-hybridized carbons (Fsp3) is 0.269. The van der Waals surface area contributed by atoms with Crippen LogP contribution in [0.15, 0.2) is 77.7 Å². The lowest BCUT2D eigenvalue weighted by Gasteiger charge is -2.19. The van der Waals surface area contributed by atoms with Crippen molar-refractivity contribution in [1.82, 2.24) is 10.0 Å². The van der Waals surface area contributed by atoms with Gasteiger partial charge in [-0.15, -0.1) is 0 Å². The second-order valence-electron chi connectivity index (χ2n) is 7.93. The molecule has 0 aromatic heterocycles. The molecule has 0 radical (unpaired) electrons. The van der Waals surface area contributed by atoms with Gasteiger partial charge in [0.2, 0.25) is 15.9 Å². The number of sulfonamides is 1. The SMILES string of the molecule is CCOc1ccc(S(=O)(=O)NC(Cc2ccccc2)C(=O)NCc2ccc(C)cc2)cc1C. The van der Waals surface area contributed by atoms with Gasteiger partial charge in [0.25, 0.3) is 0 Å². The van der Waals surface area contributed by atoms with Crippen molar-refractivity contribution in [3.63, 3.8) is 0 Å². The molecule has 3 aromatic rings. The summed E-state index contributed by atoms with van der Waals surface area (Å²) in [5.41, 5.74) is 3.64. The Bertz CT molecular complexity index is 1180. The first-order valence-corrected chi connectivity index (χ1v) is 12.4. The Labute approximate surface area is 196 Å². The number of ether oxygens (including phenoxy) is 1. The monoisotopic (exact) mass is 466 g/mol. The van der Waals surface area contributed by atoms with Crippen LogP contribution in [0.25, 0.3) is 0 Å². The number of hydrogen-bond donors (Lipinski definition) is 2. The van der Waals surface area contributed by atoms with Gasteiger partial charge in [-0.1, -0.05) is 60.2 Å². The second kappa shape index (κ2) is 11.1. The predicted molar refractivity (Wildman–Crippen MR) is 130 cm³/mol. The first-order chi connectivity index (χ1) is 15.8. The van der Waals surface area contributed by atoms with Crippen LogP contribution in [0.4, 0.5) is 0 Å². The van der Waals surface area contributed by atoms with Gasteiger partial charge in [0.1, 0.15) is 11.8 Å². The van der Waals surface area contributed by atoms with Gasteiger partial charge in [0.05, 0.1) is 11.5 Å². The highest BCUT2D eigenvalue weighted by Gasteiger charge is 2.26. The molecule has 1 amide bonds. The van der Waals surface area contributed by atoms with E-state index < -0.39 is 16.1 Å². The summed E-state index contributed by atoms with van der Waals surface area (Å²) in [6.45, 7) is 6.46. The molecule has 0 heterocycles. The molecule has 0 spiro atoms. The Balaban J connectivity index is 1.80. The first kappa shape index (κ1) is 24.5. The molecule has 1 unspecified atom stereocenters. The average Bonchev–Trinajstić information content (AvgIpc) is 2.80. The van der Waals surface area contributed by atoms with E-state index in [4.69, 9.17) is 4.74 Å². The Morgan fingerprint density at radius 1 is 0.939 bits per heavy atom. The topological polar surface area (TPSA) is 84.5 Å². The van der Waals surface area contributed by atoms with Gasteiger partial charge in [-0.05, 0) is 62.1 Å². The third-order valence-electron chi connectivity index (χ3n) is 5.24. The van der Waals surface area contributed by atoms with Gasteiger partial charge in [0.15, 0.2) is 0 Å². The zero-order chi connectivity index (χ0) is 23.8. The highest BCUT2D eigenvalue weighted by molar-refractivity contribution is 7.89. The van der Waals surface area contributed by atoms with Crippen LogP contribution in [0.5, 0.6) is 5.75 Å². The first-order valence-electron chi connectivity index (χ1n) is 10.9. The summed E-state index contributed by atoms with van der Waals surface area (Å²) in [4.78, 5) is 13.1. The van der Waals surface area contributed by atoms with Crippen molar-refractivity contribution in [3.8, 4) is 5.75 Å². The number of amides is 1. The quantitative estimate of drug-likeness (QED) is 0.475. The van der Waals surface area contributed by atoms with Gasteiger partial charge in [-0.3, -0.25) is 4.79 Å². The van der Waals surface area contributed by atoms with Crippen LogP contribution in [0, 0.1) is 13.8 Å². The van der Waals surface area contributed by atoms with E-state index in [1.807, 2.05) is 68.4 Å². The maximum atomic E-state index is 13.1. The average molecular weight is 467 g/mol. The molecule has 0 bridgehead atoms. The number of aryl methyl sites for hydroxylation is 2. The van der Waals surface area contributed by atoms with Crippen LogP contribution in [0.2, 0.25) is 0 Å². The minimum absolute atomic E-state index is 0.0906. The maximum Gasteiger partial charge on any atom is 0.241 e. The zero-order valence-electron chi connectivity index (χ0n) is 19.2. The number of rotatable bonds is 10. The summed E-state index contributed by atoms with van der Waals surface area (Å²) in [5, 5.41) is 2.86. The summed E-state index contributed by atoms with van der Waals surface area (Å²) in [6, 6.07) is 20.9. The number of carbonyl (C=O) groups is 1. The third kappa shape index (κ3) is 6.91. The molecule has 0 fully saturated rings.